The summed E-state index contributed by atoms with van der Waals surface area (Å²) in [7, 11) is 0. The molecule has 0 saturated carbocycles. The van der Waals surface area contributed by atoms with E-state index >= 15 is 0 Å². The summed E-state index contributed by atoms with van der Waals surface area (Å²) in [6.45, 7) is 7.29. The van der Waals surface area contributed by atoms with Crippen LogP contribution in [0.1, 0.15) is 29.2 Å². The van der Waals surface area contributed by atoms with Gasteiger partial charge in [0.1, 0.15) is 17.2 Å². The van der Waals surface area contributed by atoms with Gasteiger partial charge in [0.25, 0.3) is 0 Å². The van der Waals surface area contributed by atoms with Crippen molar-refractivity contribution in [3.8, 4) is 5.82 Å². The number of aryl methyl sites for hydroxylation is 3. The van der Waals surface area contributed by atoms with Crippen molar-refractivity contribution in [2.45, 2.75) is 33.6 Å². The smallest absolute Gasteiger partial charge is 0.231 e. The molecule has 0 bridgehead atoms. The topological polar surface area (TPSA) is 102 Å². The minimum atomic E-state index is -0.120. The Labute approximate surface area is 166 Å². The lowest BCUT2D eigenvalue weighted by atomic mass is 9.97. The first kappa shape index (κ1) is 18.5. The molecular formula is C18H22N8OS. The van der Waals surface area contributed by atoms with E-state index in [4.69, 9.17) is 0 Å². The van der Waals surface area contributed by atoms with Crippen LogP contribution in [0.4, 0.5) is 10.9 Å². The molecule has 1 fully saturated rings. The van der Waals surface area contributed by atoms with Crippen molar-refractivity contribution in [1.29, 1.82) is 0 Å². The molecule has 4 rings (SSSR count). The molecule has 1 saturated heterocycles. The third kappa shape index (κ3) is 3.86. The average Bonchev–Trinajstić information content (AvgIpc) is 3.26. The maximum absolute atomic E-state index is 12.6. The monoisotopic (exact) mass is 398 g/mol. The Morgan fingerprint density at radius 2 is 2.00 bits per heavy atom. The van der Waals surface area contributed by atoms with Crippen LogP contribution in [-0.2, 0) is 4.79 Å². The second-order valence-electron chi connectivity index (χ2n) is 6.97. The van der Waals surface area contributed by atoms with Gasteiger partial charge in [-0.2, -0.15) is 5.10 Å². The number of nitrogens with zero attached hydrogens (tertiary/aromatic N) is 7. The Hall–Kier alpha value is -2.88. The van der Waals surface area contributed by atoms with Gasteiger partial charge in [0, 0.05) is 24.8 Å². The van der Waals surface area contributed by atoms with Gasteiger partial charge in [-0.1, -0.05) is 11.3 Å². The Morgan fingerprint density at radius 1 is 1.18 bits per heavy atom. The zero-order valence-corrected chi connectivity index (χ0v) is 16.9. The molecule has 10 heteroatoms. The van der Waals surface area contributed by atoms with E-state index in [9.17, 15) is 4.79 Å². The molecule has 1 aliphatic heterocycles. The zero-order valence-electron chi connectivity index (χ0n) is 16.1. The van der Waals surface area contributed by atoms with E-state index < -0.39 is 0 Å². The third-order valence-corrected chi connectivity index (χ3v) is 5.49. The number of rotatable bonds is 4. The van der Waals surface area contributed by atoms with E-state index in [1.54, 1.807) is 6.33 Å². The number of hydrogen-bond donors (Lipinski definition) is 1. The van der Waals surface area contributed by atoms with Crippen LogP contribution in [0.15, 0.2) is 18.5 Å². The molecule has 0 aliphatic carbocycles. The first-order valence-electron chi connectivity index (χ1n) is 9.21. The van der Waals surface area contributed by atoms with Crippen LogP contribution in [0.25, 0.3) is 5.82 Å². The predicted octanol–water partition coefficient (Wildman–Crippen LogP) is 2.29. The fourth-order valence-corrected chi connectivity index (χ4v) is 4.04. The normalized spacial score (nSPS) is 17.0. The van der Waals surface area contributed by atoms with Crippen molar-refractivity contribution in [3.05, 3.63) is 34.9 Å². The lowest BCUT2D eigenvalue weighted by Crippen LogP contribution is -2.41. The van der Waals surface area contributed by atoms with Gasteiger partial charge < -0.3 is 10.2 Å². The van der Waals surface area contributed by atoms with Gasteiger partial charge in [-0.15, -0.1) is 10.2 Å². The standard InChI is InChI=1S/C18H22N8OS/c1-11-7-12(2)26(24-11)16-8-15(19-10-20-16)25-6-4-5-14(9-25)17(27)21-18-23-22-13(3)28-18/h7-8,10,14H,4-6,9H2,1-3H3,(H,21,23,27). The van der Waals surface area contributed by atoms with Gasteiger partial charge in [-0.25, -0.2) is 14.6 Å². The molecule has 1 N–H and O–H groups in total. The lowest BCUT2D eigenvalue weighted by molar-refractivity contribution is -0.120. The van der Waals surface area contributed by atoms with Crippen LogP contribution in [0.3, 0.4) is 0 Å². The second kappa shape index (κ2) is 7.63. The number of carbonyl (C=O) groups excluding carboxylic acids is 1. The highest BCUT2D eigenvalue weighted by Gasteiger charge is 2.27. The van der Waals surface area contributed by atoms with Gasteiger partial charge in [-0.3, -0.25) is 4.79 Å². The van der Waals surface area contributed by atoms with Crippen molar-refractivity contribution >= 4 is 28.2 Å². The van der Waals surface area contributed by atoms with E-state index in [-0.39, 0.29) is 11.8 Å². The average molecular weight is 398 g/mol. The van der Waals surface area contributed by atoms with Gasteiger partial charge in [-0.05, 0) is 39.7 Å². The van der Waals surface area contributed by atoms with E-state index in [1.807, 2.05) is 37.6 Å². The summed E-state index contributed by atoms with van der Waals surface area (Å²) >= 11 is 1.38. The van der Waals surface area contributed by atoms with E-state index in [0.717, 1.165) is 47.4 Å². The number of carbonyl (C=O) groups is 1. The lowest BCUT2D eigenvalue weighted by Gasteiger charge is -2.32. The van der Waals surface area contributed by atoms with Crippen molar-refractivity contribution < 1.29 is 4.79 Å². The number of amides is 1. The van der Waals surface area contributed by atoms with Crippen LogP contribution in [0.2, 0.25) is 0 Å². The summed E-state index contributed by atoms with van der Waals surface area (Å²) in [5, 5.41) is 16.7. The molecule has 0 aromatic carbocycles. The Balaban J connectivity index is 1.49. The van der Waals surface area contributed by atoms with Gasteiger partial charge in [0.2, 0.25) is 11.0 Å². The molecule has 146 valence electrons. The van der Waals surface area contributed by atoms with Crippen LogP contribution in [0.5, 0.6) is 0 Å². The molecule has 1 unspecified atom stereocenters. The molecular weight excluding hydrogens is 376 g/mol. The Bertz CT molecular complexity index is 997. The molecule has 4 heterocycles. The molecule has 0 spiro atoms. The Kier molecular flexibility index (Phi) is 5.03. The predicted molar refractivity (Wildman–Crippen MR) is 107 cm³/mol. The molecule has 28 heavy (non-hydrogen) atoms. The van der Waals surface area contributed by atoms with Gasteiger partial charge >= 0.3 is 0 Å². The SMILES string of the molecule is Cc1cc(C)n(-c2cc(N3CCCC(C(=O)Nc4nnc(C)s4)C3)ncn2)n1. The second-order valence-corrected chi connectivity index (χ2v) is 8.16. The Morgan fingerprint density at radius 3 is 2.71 bits per heavy atom. The number of anilines is 2. The van der Waals surface area contributed by atoms with Gasteiger partial charge in [0.15, 0.2) is 5.82 Å². The van der Waals surface area contributed by atoms with E-state index in [2.05, 4.69) is 35.5 Å². The number of aromatic nitrogens is 6. The number of piperidine rings is 1. The van der Waals surface area contributed by atoms with Crippen LogP contribution in [0, 0.1) is 26.7 Å². The molecule has 3 aromatic heterocycles. The highest BCUT2D eigenvalue weighted by Crippen LogP contribution is 2.24. The minimum Gasteiger partial charge on any atom is -0.356 e. The maximum atomic E-state index is 12.6. The summed E-state index contributed by atoms with van der Waals surface area (Å²) < 4.78 is 1.81. The largest absolute Gasteiger partial charge is 0.356 e. The molecule has 1 atom stereocenters. The van der Waals surface area contributed by atoms with Crippen molar-refractivity contribution in [1.82, 2.24) is 29.9 Å². The number of nitrogens with one attached hydrogen (secondary N) is 1. The first-order chi connectivity index (χ1) is 13.5. The summed E-state index contributed by atoms with van der Waals surface area (Å²) in [6.07, 6.45) is 3.32. The molecule has 1 amide bonds. The van der Waals surface area contributed by atoms with Crippen LogP contribution >= 0.6 is 11.3 Å². The fourth-order valence-electron chi connectivity index (χ4n) is 3.44. The maximum Gasteiger partial charge on any atom is 0.231 e. The third-order valence-electron chi connectivity index (χ3n) is 4.74. The van der Waals surface area contributed by atoms with E-state index in [0.29, 0.717) is 11.7 Å². The van der Waals surface area contributed by atoms with Crippen molar-refractivity contribution in [2.24, 2.45) is 5.92 Å². The molecule has 3 aromatic rings. The summed E-state index contributed by atoms with van der Waals surface area (Å²) in [4.78, 5) is 23.6. The highest BCUT2D eigenvalue weighted by atomic mass is 32.1. The molecule has 1 aliphatic rings. The summed E-state index contributed by atoms with van der Waals surface area (Å²) in [5.74, 6) is 1.40. The van der Waals surface area contributed by atoms with Crippen molar-refractivity contribution in [3.63, 3.8) is 0 Å². The summed E-state index contributed by atoms with van der Waals surface area (Å²) in [6, 6.07) is 3.94. The molecule has 9 nitrogen and oxygen atoms in total. The van der Waals surface area contributed by atoms with Crippen LogP contribution in [-0.4, -0.2) is 48.9 Å². The quantitative estimate of drug-likeness (QED) is 0.719. The van der Waals surface area contributed by atoms with E-state index in [1.165, 1.54) is 11.3 Å². The highest BCUT2D eigenvalue weighted by molar-refractivity contribution is 7.15. The minimum absolute atomic E-state index is 0.0197. The van der Waals surface area contributed by atoms with Crippen molar-refractivity contribution in [2.75, 3.05) is 23.3 Å². The zero-order chi connectivity index (χ0) is 19.7. The number of hydrogen-bond acceptors (Lipinski definition) is 8. The van der Waals surface area contributed by atoms with Crippen LogP contribution < -0.4 is 10.2 Å². The first-order valence-corrected chi connectivity index (χ1v) is 10.0. The molecule has 0 radical (unpaired) electrons. The van der Waals surface area contributed by atoms with Gasteiger partial charge in [0.05, 0.1) is 11.6 Å². The summed E-state index contributed by atoms with van der Waals surface area (Å²) in [5.41, 5.74) is 1.96. The fraction of sp³-hybridized carbons (Fsp3) is 0.444.